The van der Waals surface area contributed by atoms with E-state index in [-0.39, 0.29) is 18.8 Å². The van der Waals surface area contributed by atoms with E-state index in [4.69, 9.17) is 16.3 Å². The zero-order valence-corrected chi connectivity index (χ0v) is 19.5. The van der Waals surface area contributed by atoms with Crippen LogP contribution >= 0.6 is 11.6 Å². The zero-order valence-electron chi connectivity index (χ0n) is 18.0. The molecule has 0 radical (unpaired) electrons. The number of halogens is 4. The standard InChI is InChI=1S/C21H24ClF3N2O4S/c1-13-6-5-7-19(14(13)2)31-11-10-26-20(28)15(3)27(32(4,29)30)16-8-9-18(22)17(12-16)21(23,24)25/h5-9,12,15H,10-11H2,1-4H3,(H,26,28)/t15-/m1/s1. The first-order valence-electron chi connectivity index (χ1n) is 9.56. The number of anilines is 1. The topological polar surface area (TPSA) is 75.7 Å². The average molecular weight is 493 g/mol. The average Bonchev–Trinajstić information content (AvgIpc) is 2.67. The Hall–Kier alpha value is -2.46. The fourth-order valence-electron chi connectivity index (χ4n) is 3.04. The van der Waals surface area contributed by atoms with Crippen molar-refractivity contribution >= 4 is 33.2 Å². The Morgan fingerprint density at radius 2 is 1.88 bits per heavy atom. The number of amides is 1. The minimum Gasteiger partial charge on any atom is -0.491 e. The number of nitrogens with zero attached hydrogens (tertiary/aromatic N) is 1. The summed E-state index contributed by atoms with van der Waals surface area (Å²) in [7, 11) is -4.09. The van der Waals surface area contributed by atoms with Crippen molar-refractivity contribution in [3.05, 3.63) is 58.1 Å². The van der Waals surface area contributed by atoms with Crippen LogP contribution < -0.4 is 14.4 Å². The third-order valence-electron chi connectivity index (χ3n) is 4.81. The summed E-state index contributed by atoms with van der Waals surface area (Å²) in [6.45, 7) is 5.32. The van der Waals surface area contributed by atoms with Gasteiger partial charge < -0.3 is 10.1 Å². The summed E-state index contributed by atoms with van der Waals surface area (Å²) < 4.78 is 70.5. The molecule has 2 aromatic rings. The van der Waals surface area contributed by atoms with Crippen molar-refractivity contribution in [2.45, 2.75) is 33.0 Å². The van der Waals surface area contributed by atoms with Gasteiger partial charge in [0.25, 0.3) is 0 Å². The van der Waals surface area contributed by atoms with Gasteiger partial charge in [0.15, 0.2) is 0 Å². The Kier molecular flexibility index (Phi) is 8.06. The molecule has 176 valence electrons. The van der Waals surface area contributed by atoms with Gasteiger partial charge in [0.1, 0.15) is 18.4 Å². The van der Waals surface area contributed by atoms with Gasteiger partial charge in [-0.05, 0) is 56.2 Å². The molecule has 0 heterocycles. The van der Waals surface area contributed by atoms with Gasteiger partial charge in [0.05, 0.1) is 29.1 Å². The monoisotopic (exact) mass is 492 g/mol. The minimum atomic E-state index is -4.78. The molecule has 0 spiro atoms. The van der Waals surface area contributed by atoms with E-state index in [2.05, 4.69) is 5.32 Å². The van der Waals surface area contributed by atoms with Gasteiger partial charge in [-0.25, -0.2) is 8.42 Å². The number of carbonyl (C=O) groups excluding carboxylic acids is 1. The number of rotatable bonds is 8. The van der Waals surface area contributed by atoms with Crippen LogP contribution in [0.2, 0.25) is 5.02 Å². The quantitative estimate of drug-likeness (QED) is 0.557. The summed E-state index contributed by atoms with van der Waals surface area (Å²) in [5.41, 5.74) is 0.488. The van der Waals surface area contributed by atoms with Gasteiger partial charge in [-0.2, -0.15) is 13.2 Å². The first kappa shape index (κ1) is 25.8. The first-order chi connectivity index (χ1) is 14.7. The van der Waals surface area contributed by atoms with Crippen molar-refractivity contribution in [2.75, 3.05) is 23.7 Å². The van der Waals surface area contributed by atoms with Crippen LogP contribution in [-0.4, -0.2) is 39.8 Å². The molecule has 11 heteroatoms. The number of ether oxygens (including phenoxy) is 1. The number of nitrogens with one attached hydrogen (secondary N) is 1. The number of sulfonamides is 1. The van der Waals surface area contributed by atoms with Gasteiger partial charge in [-0.15, -0.1) is 0 Å². The zero-order chi connectivity index (χ0) is 24.3. The van der Waals surface area contributed by atoms with E-state index < -0.39 is 38.7 Å². The van der Waals surface area contributed by atoms with Gasteiger partial charge in [0, 0.05) is 0 Å². The number of aryl methyl sites for hydroxylation is 1. The van der Waals surface area contributed by atoms with Crippen LogP contribution in [0.25, 0.3) is 0 Å². The van der Waals surface area contributed by atoms with Crippen LogP contribution in [0.5, 0.6) is 5.75 Å². The molecule has 0 aromatic heterocycles. The van der Waals surface area contributed by atoms with Crippen molar-refractivity contribution in [1.29, 1.82) is 0 Å². The summed E-state index contributed by atoms with van der Waals surface area (Å²) in [5, 5.41) is 1.97. The van der Waals surface area contributed by atoms with Gasteiger partial charge in [-0.1, -0.05) is 23.7 Å². The molecule has 0 aliphatic rings. The maximum Gasteiger partial charge on any atom is 0.417 e. The lowest BCUT2D eigenvalue weighted by Crippen LogP contribution is -2.48. The molecule has 0 saturated heterocycles. The highest BCUT2D eigenvalue weighted by atomic mass is 35.5. The molecule has 6 nitrogen and oxygen atoms in total. The number of hydrogen-bond donors (Lipinski definition) is 1. The summed E-state index contributed by atoms with van der Waals surface area (Å²) in [6.07, 6.45) is -3.98. The fourth-order valence-corrected chi connectivity index (χ4v) is 4.43. The molecule has 32 heavy (non-hydrogen) atoms. The third-order valence-corrected chi connectivity index (χ3v) is 6.38. The summed E-state index contributed by atoms with van der Waals surface area (Å²) in [6, 6.07) is 6.92. The lowest BCUT2D eigenvalue weighted by atomic mass is 10.1. The largest absolute Gasteiger partial charge is 0.491 e. The van der Waals surface area contributed by atoms with Crippen molar-refractivity contribution in [3.63, 3.8) is 0 Å². The van der Waals surface area contributed by atoms with Crippen LogP contribution in [0.1, 0.15) is 23.6 Å². The normalized spacial score (nSPS) is 12.9. The molecular weight excluding hydrogens is 469 g/mol. The fraction of sp³-hybridized carbons (Fsp3) is 0.381. The Morgan fingerprint density at radius 3 is 2.47 bits per heavy atom. The molecule has 0 bridgehead atoms. The molecule has 0 fully saturated rings. The summed E-state index contributed by atoms with van der Waals surface area (Å²) >= 11 is 5.62. The second kappa shape index (κ2) is 9.99. The van der Waals surface area contributed by atoms with Crippen LogP contribution in [0.3, 0.4) is 0 Å². The van der Waals surface area contributed by atoms with Gasteiger partial charge in [0.2, 0.25) is 15.9 Å². The number of benzene rings is 2. The number of carbonyl (C=O) groups is 1. The molecule has 2 aromatic carbocycles. The molecule has 1 amide bonds. The maximum atomic E-state index is 13.2. The molecule has 1 atom stereocenters. The Labute approximate surface area is 190 Å². The van der Waals surface area contributed by atoms with Crippen LogP contribution in [0.4, 0.5) is 18.9 Å². The van der Waals surface area contributed by atoms with Crippen molar-refractivity contribution in [2.24, 2.45) is 0 Å². The molecular formula is C21H24ClF3N2O4S. The summed E-state index contributed by atoms with van der Waals surface area (Å²) in [5.74, 6) is -0.0330. The predicted octanol–water partition coefficient (Wildman–Crippen LogP) is 4.33. The number of hydrogen-bond acceptors (Lipinski definition) is 4. The highest BCUT2D eigenvalue weighted by Gasteiger charge is 2.36. The second-order valence-corrected chi connectivity index (χ2v) is 9.50. The van der Waals surface area contributed by atoms with E-state index in [9.17, 15) is 26.4 Å². The Bertz CT molecular complexity index is 1090. The molecule has 0 unspecified atom stereocenters. The SMILES string of the molecule is Cc1cccc(OCCNC(=O)[C@@H](C)N(c2ccc(Cl)c(C(F)(F)F)c2)S(C)(=O)=O)c1C. The first-order valence-corrected chi connectivity index (χ1v) is 11.8. The lowest BCUT2D eigenvalue weighted by molar-refractivity contribution is -0.137. The highest BCUT2D eigenvalue weighted by molar-refractivity contribution is 7.92. The number of alkyl halides is 3. The third kappa shape index (κ3) is 6.29. The molecule has 2 rings (SSSR count). The molecule has 0 aliphatic carbocycles. The van der Waals surface area contributed by atoms with Crippen LogP contribution in [0.15, 0.2) is 36.4 Å². The maximum absolute atomic E-state index is 13.2. The van der Waals surface area contributed by atoms with E-state index in [1.807, 2.05) is 26.0 Å². The van der Waals surface area contributed by atoms with Gasteiger partial charge in [-0.3, -0.25) is 9.10 Å². The Morgan fingerprint density at radius 1 is 1.22 bits per heavy atom. The van der Waals surface area contributed by atoms with E-state index >= 15 is 0 Å². The molecule has 0 aliphatic heterocycles. The van der Waals surface area contributed by atoms with Crippen molar-refractivity contribution in [3.8, 4) is 5.75 Å². The smallest absolute Gasteiger partial charge is 0.417 e. The van der Waals surface area contributed by atoms with E-state index in [0.29, 0.717) is 16.1 Å². The minimum absolute atomic E-state index is 0.0720. The van der Waals surface area contributed by atoms with E-state index in [0.717, 1.165) is 29.5 Å². The lowest BCUT2D eigenvalue weighted by Gasteiger charge is -2.29. The van der Waals surface area contributed by atoms with Crippen molar-refractivity contribution in [1.82, 2.24) is 5.32 Å². The Balaban J connectivity index is 2.14. The van der Waals surface area contributed by atoms with Crippen molar-refractivity contribution < 1.29 is 31.1 Å². The highest BCUT2D eigenvalue weighted by Crippen LogP contribution is 2.37. The van der Waals surface area contributed by atoms with Crippen LogP contribution in [0, 0.1) is 13.8 Å². The molecule has 0 saturated carbocycles. The predicted molar refractivity (Wildman–Crippen MR) is 118 cm³/mol. The summed E-state index contributed by atoms with van der Waals surface area (Å²) in [4.78, 5) is 12.6. The molecule has 1 N–H and O–H groups in total. The van der Waals surface area contributed by atoms with Crippen LogP contribution in [-0.2, 0) is 21.0 Å². The second-order valence-electron chi connectivity index (χ2n) is 7.23. The van der Waals surface area contributed by atoms with E-state index in [1.165, 1.54) is 6.92 Å². The van der Waals surface area contributed by atoms with E-state index in [1.54, 1.807) is 6.07 Å². The van der Waals surface area contributed by atoms with Gasteiger partial charge >= 0.3 is 6.18 Å².